The van der Waals surface area contributed by atoms with Crippen molar-refractivity contribution in [3.63, 3.8) is 0 Å². The molecule has 2 nitrogen and oxygen atoms in total. The Kier molecular flexibility index (Phi) is 3.76. The second kappa shape index (κ2) is 4.24. The van der Waals surface area contributed by atoms with Gasteiger partial charge in [0.2, 0.25) is 0 Å². The summed E-state index contributed by atoms with van der Waals surface area (Å²) in [6, 6.07) is 0. The largest absolute Gasteiger partial charge is 0.296 e. The highest BCUT2D eigenvalue weighted by molar-refractivity contribution is 6.33. The molecular weight excluding hydrogens is 102 g/mol. The normalized spacial score (nSPS) is 10.9. The van der Waals surface area contributed by atoms with E-state index in [1.807, 2.05) is 6.92 Å². The second-order valence-corrected chi connectivity index (χ2v) is 1.22. The van der Waals surface area contributed by atoms with E-state index in [2.05, 4.69) is 11.6 Å². The molecule has 0 radical (unpaired) electrons. The van der Waals surface area contributed by atoms with Crippen LogP contribution in [-0.4, -0.2) is 18.5 Å². The fourth-order valence-electron chi connectivity index (χ4n) is 0.333. The summed E-state index contributed by atoms with van der Waals surface area (Å²) in [4.78, 5) is 13.7. The third kappa shape index (κ3) is 2.29. The maximum absolute atomic E-state index is 9.92. The van der Waals surface area contributed by atoms with Gasteiger partial charge in [-0.15, -0.1) is 0 Å². The Bertz CT molecular complexity index is 106. The predicted molar refractivity (Wildman–Crippen MR) is 34.2 cm³/mol. The molecule has 0 fully saturated rings. The van der Waals surface area contributed by atoms with Gasteiger partial charge in [0.15, 0.2) is 6.29 Å². The van der Waals surface area contributed by atoms with Gasteiger partial charge in [-0.2, -0.15) is 0 Å². The van der Waals surface area contributed by atoms with Gasteiger partial charge in [0.05, 0.1) is 5.71 Å². The van der Waals surface area contributed by atoms with Gasteiger partial charge in [-0.05, 0) is 13.0 Å². The quantitative estimate of drug-likeness (QED) is 0.392. The molecule has 0 saturated heterocycles. The molecule has 0 atom stereocenters. The number of hydrogen-bond donors (Lipinski definition) is 0. The van der Waals surface area contributed by atoms with Crippen LogP contribution in [0.3, 0.4) is 0 Å². The lowest BCUT2D eigenvalue weighted by molar-refractivity contribution is -0.102. The molecule has 0 N–H and O–H groups in total. The van der Waals surface area contributed by atoms with Crippen molar-refractivity contribution in [1.29, 1.82) is 0 Å². The third-order valence-corrected chi connectivity index (χ3v) is 0.671. The Labute approximate surface area is 48.9 Å². The molecule has 0 aromatic heterocycles. The maximum atomic E-state index is 9.92. The van der Waals surface area contributed by atoms with E-state index >= 15 is 0 Å². The van der Waals surface area contributed by atoms with Crippen LogP contribution in [0.4, 0.5) is 0 Å². The molecule has 0 aromatic carbocycles. The molecule has 0 heterocycles. The highest BCUT2D eigenvalue weighted by Crippen LogP contribution is 1.73. The lowest BCUT2D eigenvalue weighted by Crippen LogP contribution is -1.93. The van der Waals surface area contributed by atoms with Crippen LogP contribution in [0, 0.1) is 0 Å². The van der Waals surface area contributed by atoms with Gasteiger partial charge >= 0.3 is 0 Å². The van der Waals surface area contributed by atoms with Gasteiger partial charge in [0.25, 0.3) is 0 Å². The van der Waals surface area contributed by atoms with Crippen molar-refractivity contribution >= 4 is 12.0 Å². The number of aldehydes is 1. The fraction of sp³-hybridized carbons (Fsp3) is 0.333. The number of carbonyl (C=O) groups excluding carboxylic acids is 1. The van der Waals surface area contributed by atoms with Gasteiger partial charge in [-0.25, -0.2) is 0 Å². The molecule has 0 unspecified atom stereocenters. The van der Waals surface area contributed by atoms with E-state index in [0.717, 1.165) is 0 Å². The summed E-state index contributed by atoms with van der Waals surface area (Å²) < 4.78 is 0. The first-order valence-electron chi connectivity index (χ1n) is 2.47. The molecule has 0 spiro atoms. The fourth-order valence-corrected chi connectivity index (χ4v) is 0.333. The van der Waals surface area contributed by atoms with Crippen LogP contribution in [0.2, 0.25) is 0 Å². The molecule has 0 aliphatic carbocycles. The summed E-state index contributed by atoms with van der Waals surface area (Å²) in [5.74, 6) is 0. The Hall–Kier alpha value is -0.920. The molecule has 0 saturated carbocycles. The van der Waals surface area contributed by atoms with Gasteiger partial charge in [0.1, 0.15) is 0 Å². The molecule has 8 heavy (non-hydrogen) atoms. The van der Waals surface area contributed by atoms with Crippen molar-refractivity contribution in [1.82, 2.24) is 0 Å². The van der Waals surface area contributed by atoms with Crippen molar-refractivity contribution in [3.05, 3.63) is 12.7 Å². The number of hydrogen-bond acceptors (Lipinski definition) is 2. The Morgan fingerprint density at radius 1 is 1.88 bits per heavy atom. The lowest BCUT2D eigenvalue weighted by Gasteiger charge is -1.82. The highest BCUT2D eigenvalue weighted by Gasteiger charge is 1.82. The molecule has 2 heteroatoms. The van der Waals surface area contributed by atoms with Gasteiger partial charge in [0, 0.05) is 6.54 Å². The first-order valence-corrected chi connectivity index (χ1v) is 2.47. The van der Waals surface area contributed by atoms with Crippen molar-refractivity contribution in [2.45, 2.75) is 6.92 Å². The minimum absolute atomic E-state index is 0.424. The number of nitrogens with zero attached hydrogens (tertiary/aromatic N) is 1. The zero-order valence-corrected chi connectivity index (χ0v) is 4.92. The molecule has 0 aromatic rings. The van der Waals surface area contributed by atoms with E-state index in [1.54, 1.807) is 0 Å². The van der Waals surface area contributed by atoms with E-state index in [9.17, 15) is 4.79 Å². The topological polar surface area (TPSA) is 29.4 Å². The minimum Gasteiger partial charge on any atom is -0.296 e. The van der Waals surface area contributed by atoms with Crippen LogP contribution in [0.15, 0.2) is 17.6 Å². The first-order chi connectivity index (χ1) is 3.85. The lowest BCUT2D eigenvalue weighted by atomic mass is 10.4. The second-order valence-electron chi connectivity index (χ2n) is 1.22. The zero-order chi connectivity index (χ0) is 6.41. The van der Waals surface area contributed by atoms with E-state index in [-0.39, 0.29) is 0 Å². The summed E-state index contributed by atoms with van der Waals surface area (Å²) >= 11 is 0. The maximum Gasteiger partial charge on any atom is 0.167 e. The van der Waals surface area contributed by atoms with E-state index < -0.39 is 0 Å². The number of carbonyl (C=O) groups is 1. The number of allylic oxidation sites excluding steroid dienone is 1. The Balaban J connectivity index is 3.85. The van der Waals surface area contributed by atoms with Crippen LogP contribution < -0.4 is 0 Å². The third-order valence-electron chi connectivity index (χ3n) is 0.671. The molecule has 44 valence electrons. The van der Waals surface area contributed by atoms with Crippen LogP contribution >= 0.6 is 0 Å². The summed E-state index contributed by atoms with van der Waals surface area (Å²) in [5.41, 5.74) is 0.424. The molecule has 0 rings (SSSR count). The average Bonchev–Trinajstić information content (AvgIpc) is 1.83. The standard InChI is InChI=1S/C6H9NO/c1-3-6(5-8)7-4-2/h3,5H,1,4H2,2H3. The predicted octanol–water partition coefficient (Wildman–Crippen LogP) is 0.832. The Morgan fingerprint density at radius 3 is 2.62 bits per heavy atom. The van der Waals surface area contributed by atoms with E-state index in [1.165, 1.54) is 6.08 Å². The molecule has 0 aliphatic rings. The smallest absolute Gasteiger partial charge is 0.167 e. The van der Waals surface area contributed by atoms with Gasteiger partial charge < -0.3 is 0 Å². The van der Waals surface area contributed by atoms with Crippen molar-refractivity contribution in [2.24, 2.45) is 4.99 Å². The highest BCUT2D eigenvalue weighted by atomic mass is 16.1. The summed E-state index contributed by atoms with van der Waals surface area (Å²) in [5, 5.41) is 0. The number of rotatable bonds is 3. The van der Waals surface area contributed by atoms with Gasteiger partial charge in [-0.1, -0.05) is 6.58 Å². The van der Waals surface area contributed by atoms with Crippen LogP contribution in [0.5, 0.6) is 0 Å². The zero-order valence-electron chi connectivity index (χ0n) is 4.92. The van der Waals surface area contributed by atoms with Crippen molar-refractivity contribution in [2.75, 3.05) is 6.54 Å². The monoisotopic (exact) mass is 111 g/mol. The molecule has 0 bridgehead atoms. The van der Waals surface area contributed by atoms with Crippen molar-refractivity contribution < 1.29 is 4.79 Å². The molecular formula is C6H9NO. The summed E-state index contributed by atoms with van der Waals surface area (Å²) in [7, 11) is 0. The molecule has 0 aliphatic heterocycles. The Morgan fingerprint density at radius 2 is 2.50 bits per heavy atom. The van der Waals surface area contributed by atoms with Crippen molar-refractivity contribution in [3.8, 4) is 0 Å². The van der Waals surface area contributed by atoms with E-state index in [4.69, 9.17) is 0 Å². The summed E-state index contributed by atoms with van der Waals surface area (Å²) in [6.45, 7) is 5.90. The van der Waals surface area contributed by atoms with Crippen LogP contribution in [0.1, 0.15) is 6.92 Å². The average molecular weight is 111 g/mol. The summed E-state index contributed by atoms with van der Waals surface area (Å²) in [6.07, 6.45) is 2.13. The SMILES string of the molecule is C=CC(C=O)=NCC. The van der Waals surface area contributed by atoms with Crippen LogP contribution in [-0.2, 0) is 4.79 Å². The number of aliphatic imine (C=N–C) groups is 1. The van der Waals surface area contributed by atoms with Crippen LogP contribution in [0.25, 0.3) is 0 Å². The van der Waals surface area contributed by atoms with E-state index in [0.29, 0.717) is 18.5 Å². The van der Waals surface area contributed by atoms with Gasteiger partial charge in [-0.3, -0.25) is 9.79 Å². The molecule has 0 amide bonds. The first kappa shape index (κ1) is 7.08. The minimum atomic E-state index is 0.424.